The third-order valence-corrected chi connectivity index (χ3v) is 5.21. The van der Waals surface area contributed by atoms with Crippen molar-refractivity contribution in [2.75, 3.05) is 32.6 Å². The van der Waals surface area contributed by atoms with Gasteiger partial charge in [0.25, 0.3) is 0 Å². The van der Waals surface area contributed by atoms with Crippen molar-refractivity contribution in [1.29, 1.82) is 0 Å². The second-order valence-electron chi connectivity index (χ2n) is 7.02. The molecule has 0 aliphatic carbocycles. The standard InChI is InChI=1S/C20H24N4O2S/c1-13(20(25)26)10-24(4)18-17-15(14-8-6-5-7-9-14)12-27-19(17)22-16(21-18)11-23(2)3/h5-9,12-13H,10-11H2,1-4H3,(H,25,26). The number of carboxylic acid groups (broad SMARTS) is 1. The Kier molecular flexibility index (Phi) is 5.72. The smallest absolute Gasteiger partial charge is 0.308 e. The van der Waals surface area contributed by atoms with Crippen LogP contribution in [-0.2, 0) is 11.3 Å². The van der Waals surface area contributed by atoms with Crippen LogP contribution < -0.4 is 4.90 Å². The molecule has 2 aromatic heterocycles. The van der Waals surface area contributed by atoms with Gasteiger partial charge in [0.15, 0.2) is 0 Å². The number of carbonyl (C=O) groups is 1. The lowest BCUT2D eigenvalue weighted by atomic mass is 10.1. The Morgan fingerprint density at radius 3 is 2.52 bits per heavy atom. The summed E-state index contributed by atoms with van der Waals surface area (Å²) in [6, 6.07) is 10.1. The molecule has 1 N–H and O–H groups in total. The van der Waals surface area contributed by atoms with Crippen LogP contribution in [0.5, 0.6) is 0 Å². The van der Waals surface area contributed by atoms with Crippen molar-refractivity contribution in [3.8, 4) is 11.1 Å². The first-order valence-corrected chi connectivity index (χ1v) is 9.67. The van der Waals surface area contributed by atoms with E-state index in [9.17, 15) is 9.90 Å². The Balaban J connectivity index is 2.14. The highest BCUT2D eigenvalue weighted by Crippen LogP contribution is 2.38. The fourth-order valence-electron chi connectivity index (χ4n) is 3.00. The Hall–Kier alpha value is -2.51. The molecule has 0 saturated carbocycles. The van der Waals surface area contributed by atoms with E-state index in [1.807, 2.05) is 49.1 Å². The second kappa shape index (κ2) is 8.02. The number of rotatable bonds is 7. The number of aliphatic carboxylic acids is 1. The van der Waals surface area contributed by atoms with Gasteiger partial charge < -0.3 is 14.9 Å². The molecule has 1 aromatic carbocycles. The largest absolute Gasteiger partial charge is 0.481 e. The van der Waals surface area contributed by atoms with Crippen LogP contribution in [0.1, 0.15) is 12.7 Å². The van der Waals surface area contributed by atoms with Gasteiger partial charge >= 0.3 is 5.97 Å². The van der Waals surface area contributed by atoms with Crippen molar-refractivity contribution in [2.45, 2.75) is 13.5 Å². The molecule has 27 heavy (non-hydrogen) atoms. The van der Waals surface area contributed by atoms with Crippen molar-refractivity contribution in [1.82, 2.24) is 14.9 Å². The normalized spacial score (nSPS) is 12.5. The van der Waals surface area contributed by atoms with E-state index >= 15 is 0 Å². The van der Waals surface area contributed by atoms with Crippen LogP contribution in [0, 0.1) is 5.92 Å². The van der Waals surface area contributed by atoms with Crippen LogP contribution in [-0.4, -0.2) is 53.6 Å². The first-order valence-electron chi connectivity index (χ1n) is 8.79. The molecule has 0 bridgehead atoms. The number of fused-ring (bicyclic) bond motifs is 1. The Morgan fingerprint density at radius 2 is 1.89 bits per heavy atom. The van der Waals surface area contributed by atoms with Gasteiger partial charge in [0.1, 0.15) is 16.5 Å². The second-order valence-corrected chi connectivity index (χ2v) is 7.87. The fourth-order valence-corrected chi connectivity index (χ4v) is 3.96. The molecule has 0 aliphatic rings. The van der Waals surface area contributed by atoms with E-state index in [4.69, 9.17) is 9.97 Å². The van der Waals surface area contributed by atoms with Crippen LogP contribution in [0.4, 0.5) is 5.82 Å². The summed E-state index contributed by atoms with van der Waals surface area (Å²) < 4.78 is 0. The highest BCUT2D eigenvalue weighted by molar-refractivity contribution is 7.17. The minimum absolute atomic E-state index is 0.382. The zero-order valence-electron chi connectivity index (χ0n) is 16.0. The van der Waals surface area contributed by atoms with Gasteiger partial charge in [0.2, 0.25) is 0 Å². The molecule has 0 radical (unpaired) electrons. The summed E-state index contributed by atoms with van der Waals surface area (Å²) in [7, 11) is 5.85. The molecule has 0 spiro atoms. The molecule has 7 heteroatoms. The molecule has 0 saturated heterocycles. The van der Waals surface area contributed by atoms with Crippen LogP contribution in [0.15, 0.2) is 35.7 Å². The number of anilines is 1. The van der Waals surface area contributed by atoms with Gasteiger partial charge in [-0.15, -0.1) is 11.3 Å². The molecular formula is C20H24N4O2S. The minimum atomic E-state index is -0.811. The van der Waals surface area contributed by atoms with Crippen molar-refractivity contribution < 1.29 is 9.90 Å². The van der Waals surface area contributed by atoms with E-state index in [0.717, 1.165) is 33.0 Å². The third kappa shape index (κ3) is 4.26. The number of thiophene rings is 1. The summed E-state index contributed by atoms with van der Waals surface area (Å²) in [6.45, 7) is 2.72. The van der Waals surface area contributed by atoms with Gasteiger partial charge in [-0.2, -0.15) is 0 Å². The fraction of sp³-hybridized carbons (Fsp3) is 0.350. The molecule has 142 valence electrons. The summed E-state index contributed by atoms with van der Waals surface area (Å²) in [5, 5.41) is 12.4. The average molecular weight is 385 g/mol. The predicted molar refractivity (Wildman–Crippen MR) is 110 cm³/mol. The average Bonchev–Trinajstić information content (AvgIpc) is 3.04. The number of hydrogen-bond acceptors (Lipinski definition) is 6. The van der Waals surface area contributed by atoms with Gasteiger partial charge in [-0.25, -0.2) is 9.97 Å². The molecule has 6 nitrogen and oxygen atoms in total. The lowest BCUT2D eigenvalue weighted by Gasteiger charge is -2.22. The number of nitrogens with zero attached hydrogens (tertiary/aromatic N) is 4. The first kappa shape index (κ1) is 19.3. The van der Waals surface area contributed by atoms with Crippen LogP contribution in [0.25, 0.3) is 21.3 Å². The monoisotopic (exact) mass is 384 g/mol. The topological polar surface area (TPSA) is 69.6 Å². The van der Waals surface area contributed by atoms with Gasteiger partial charge in [-0.3, -0.25) is 4.79 Å². The predicted octanol–water partition coefficient (Wildman–Crippen LogP) is 3.58. The van der Waals surface area contributed by atoms with Crippen LogP contribution >= 0.6 is 11.3 Å². The summed E-state index contributed by atoms with van der Waals surface area (Å²) in [5.41, 5.74) is 2.19. The third-order valence-electron chi connectivity index (χ3n) is 4.33. The highest BCUT2D eigenvalue weighted by Gasteiger charge is 2.21. The van der Waals surface area contributed by atoms with E-state index < -0.39 is 11.9 Å². The van der Waals surface area contributed by atoms with Crippen molar-refractivity contribution in [3.63, 3.8) is 0 Å². The molecule has 1 unspecified atom stereocenters. The maximum atomic E-state index is 11.3. The summed E-state index contributed by atoms with van der Waals surface area (Å²) in [4.78, 5) is 25.7. The molecule has 3 aromatic rings. The Labute approximate surface area is 163 Å². The lowest BCUT2D eigenvalue weighted by Crippen LogP contribution is -2.29. The summed E-state index contributed by atoms with van der Waals surface area (Å²) >= 11 is 1.59. The summed E-state index contributed by atoms with van der Waals surface area (Å²) in [6.07, 6.45) is 0. The van der Waals surface area contributed by atoms with Gasteiger partial charge in [0.05, 0.1) is 17.8 Å². The molecule has 0 amide bonds. The molecule has 2 heterocycles. The Bertz CT molecular complexity index is 940. The van der Waals surface area contributed by atoms with Crippen LogP contribution in [0.3, 0.4) is 0 Å². The molecule has 3 rings (SSSR count). The number of hydrogen-bond donors (Lipinski definition) is 1. The maximum Gasteiger partial charge on any atom is 0.308 e. The highest BCUT2D eigenvalue weighted by atomic mass is 32.1. The van der Waals surface area contributed by atoms with Crippen LogP contribution in [0.2, 0.25) is 0 Å². The van der Waals surface area contributed by atoms with E-state index in [1.54, 1.807) is 18.3 Å². The van der Waals surface area contributed by atoms with E-state index in [0.29, 0.717) is 13.1 Å². The van der Waals surface area contributed by atoms with Gasteiger partial charge in [-0.1, -0.05) is 37.3 Å². The first-order chi connectivity index (χ1) is 12.9. The zero-order chi connectivity index (χ0) is 19.6. The molecule has 0 aliphatic heterocycles. The van der Waals surface area contributed by atoms with E-state index in [1.165, 1.54) is 0 Å². The van der Waals surface area contributed by atoms with Gasteiger partial charge in [0, 0.05) is 24.5 Å². The van der Waals surface area contributed by atoms with Crippen molar-refractivity contribution in [3.05, 3.63) is 41.5 Å². The molecule has 1 atom stereocenters. The van der Waals surface area contributed by atoms with Crippen molar-refractivity contribution >= 4 is 33.3 Å². The zero-order valence-corrected chi connectivity index (χ0v) is 16.8. The lowest BCUT2D eigenvalue weighted by molar-refractivity contribution is -0.140. The molecule has 0 fully saturated rings. The Morgan fingerprint density at radius 1 is 1.19 bits per heavy atom. The SMILES string of the molecule is CC(CN(C)c1nc(CN(C)C)nc2scc(-c3ccccc3)c12)C(=O)O. The van der Waals surface area contributed by atoms with E-state index in [2.05, 4.69) is 17.5 Å². The number of aromatic nitrogens is 2. The van der Waals surface area contributed by atoms with Crippen molar-refractivity contribution in [2.24, 2.45) is 5.92 Å². The van der Waals surface area contributed by atoms with Gasteiger partial charge in [-0.05, 0) is 19.7 Å². The quantitative estimate of drug-likeness (QED) is 0.671. The number of benzene rings is 1. The summed E-state index contributed by atoms with van der Waals surface area (Å²) in [5.74, 6) is 0.217. The number of carboxylic acids is 1. The molecular weight excluding hydrogens is 360 g/mol. The maximum absolute atomic E-state index is 11.3. The minimum Gasteiger partial charge on any atom is -0.481 e. The van der Waals surface area contributed by atoms with E-state index in [-0.39, 0.29) is 0 Å².